The first-order valence-corrected chi connectivity index (χ1v) is 8.14. The molecule has 9 nitrogen and oxygen atoms in total. The number of rotatable bonds is 5. The van der Waals surface area contributed by atoms with Gasteiger partial charge >= 0.3 is 12.0 Å². The minimum Gasteiger partial charge on any atom is -0.451 e. The number of hydrogen-bond donors (Lipinski definition) is 2. The molecule has 3 amide bonds. The van der Waals surface area contributed by atoms with E-state index in [-0.39, 0.29) is 10.7 Å². The van der Waals surface area contributed by atoms with Gasteiger partial charge in [-0.2, -0.15) is 5.10 Å². The summed E-state index contributed by atoms with van der Waals surface area (Å²) < 4.78 is 6.43. The second-order valence-corrected chi connectivity index (χ2v) is 5.73. The largest absolute Gasteiger partial charge is 0.451 e. The van der Waals surface area contributed by atoms with Crippen LogP contribution in [0.3, 0.4) is 0 Å². The van der Waals surface area contributed by atoms with Crippen molar-refractivity contribution in [2.45, 2.75) is 20.8 Å². The third-order valence-electron chi connectivity index (χ3n) is 3.18. The smallest absolute Gasteiger partial charge is 0.359 e. The van der Waals surface area contributed by atoms with Gasteiger partial charge in [0.15, 0.2) is 18.1 Å². The van der Waals surface area contributed by atoms with Gasteiger partial charge in [0, 0.05) is 12.2 Å². The summed E-state index contributed by atoms with van der Waals surface area (Å²) in [6, 6.07) is 4.29. The number of pyridine rings is 1. The summed E-state index contributed by atoms with van der Waals surface area (Å²) in [6.07, 6.45) is 0. The molecule has 0 spiro atoms. The van der Waals surface area contributed by atoms with Crippen molar-refractivity contribution in [3.63, 3.8) is 0 Å². The first kappa shape index (κ1) is 19.4. The molecule has 2 aromatic rings. The Balaban J connectivity index is 2.09. The summed E-state index contributed by atoms with van der Waals surface area (Å²) in [7, 11) is 0. The molecule has 0 saturated carbocycles. The third-order valence-corrected chi connectivity index (χ3v) is 3.48. The molecule has 0 aliphatic carbocycles. The second-order valence-electron chi connectivity index (χ2n) is 5.32. The average Bonchev–Trinajstić information content (AvgIpc) is 2.91. The molecule has 2 aromatic heterocycles. The van der Waals surface area contributed by atoms with Gasteiger partial charge in [-0.05, 0) is 39.0 Å². The summed E-state index contributed by atoms with van der Waals surface area (Å²) in [6.45, 7) is 5.10. The van der Waals surface area contributed by atoms with Crippen LogP contribution in [0, 0.1) is 13.8 Å². The van der Waals surface area contributed by atoms with Gasteiger partial charge in [0.05, 0.1) is 10.7 Å². The molecule has 0 bridgehead atoms. The second kappa shape index (κ2) is 8.43. The molecule has 0 aliphatic rings. The molecule has 26 heavy (non-hydrogen) atoms. The number of nitrogens with zero attached hydrogens (tertiary/aromatic N) is 3. The molecule has 2 N–H and O–H groups in total. The highest BCUT2D eigenvalue weighted by Gasteiger charge is 2.18. The minimum atomic E-state index is -0.885. The minimum absolute atomic E-state index is 0.0735. The van der Waals surface area contributed by atoms with E-state index < -0.39 is 24.5 Å². The summed E-state index contributed by atoms with van der Waals surface area (Å²) in [5.41, 5.74) is 1.48. The molecule has 138 valence electrons. The van der Waals surface area contributed by atoms with Crippen LogP contribution < -0.4 is 10.6 Å². The highest BCUT2D eigenvalue weighted by Crippen LogP contribution is 2.18. The maximum absolute atomic E-state index is 12.2. The number of hydrogen-bond acceptors (Lipinski definition) is 6. The summed E-state index contributed by atoms with van der Waals surface area (Å²) in [5.74, 6) is -1.27. The molecule has 2 rings (SSSR count). The summed E-state index contributed by atoms with van der Waals surface area (Å²) >= 11 is 6.01. The fourth-order valence-corrected chi connectivity index (χ4v) is 2.30. The van der Waals surface area contributed by atoms with Crippen molar-refractivity contribution in [1.82, 2.24) is 25.4 Å². The van der Waals surface area contributed by atoms with Crippen LogP contribution in [0.5, 0.6) is 0 Å². The monoisotopic (exact) mass is 379 g/mol. The van der Waals surface area contributed by atoms with Crippen molar-refractivity contribution < 1.29 is 19.1 Å². The Hall–Kier alpha value is -2.94. The first-order valence-electron chi connectivity index (χ1n) is 7.76. The van der Waals surface area contributed by atoms with Crippen molar-refractivity contribution in [3.8, 4) is 5.82 Å². The average molecular weight is 380 g/mol. The van der Waals surface area contributed by atoms with Crippen molar-refractivity contribution >= 4 is 29.5 Å². The standard InChI is InChI=1S/C16H18ClN5O4/c1-4-18-16(25)20-13(23)8-26-15(24)14-11(17)5-6-12(19-14)22-10(3)7-9(2)21-22/h5-7H,4,8H2,1-3H3,(H2,18,20,23,25). The van der Waals surface area contributed by atoms with Gasteiger partial charge in [-0.3, -0.25) is 10.1 Å². The molecule has 0 aromatic carbocycles. The Morgan fingerprint density at radius 2 is 2.00 bits per heavy atom. The Bertz CT molecular complexity index is 849. The van der Waals surface area contributed by atoms with E-state index in [0.29, 0.717) is 12.4 Å². The van der Waals surface area contributed by atoms with Crippen LogP contribution >= 0.6 is 11.6 Å². The summed E-state index contributed by atoms with van der Waals surface area (Å²) in [4.78, 5) is 39.1. The quantitative estimate of drug-likeness (QED) is 0.761. The lowest BCUT2D eigenvalue weighted by atomic mass is 10.3. The predicted octanol–water partition coefficient (Wildman–Crippen LogP) is 1.54. The lowest BCUT2D eigenvalue weighted by molar-refractivity contribution is -0.123. The summed E-state index contributed by atoms with van der Waals surface area (Å²) in [5, 5.41) is 8.76. The highest BCUT2D eigenvalue weighted by atomic mass is 35.5. The predicted molar refractivity (Wildman–Crippen MR) is 93.3 cm³/mol. The number of carbonyl (C=O) groups excluding carboxylic acids is 3. The lowest BCUT2D eigenvalue weighted by Crippen LogP contribution is -2.41. The Labute approximate surface area is 154 Å². The molecule has 0 radical (unpaired) electrons. The number of imide groups is 1. The van der Waals surface area contributed by atoms with Gasteiger partial charge in [-0.15, -0.1) is 0 Å². The topological polar surface area (TPSA) is 115 Å². The fourth-order valence-electron chi connectivity index (χ4n) is 2.12. The molecule has 0 aliphatic heterocycles. The van der Waals surface area contributed by atoms with Crippen molar-refractivity contribution in [1.29, 1.82) is 0 Å². The number of urea groups is 1. The molecular formula is C16H18ClN5O4. The van der Waals surface area contributed by atoms with Crippen LogP contribution in [-0.4, -0.2) is 45.8 Å². The van der Waals surface area contributed by atoms with Crippen LogP contribution in [0.1, 0.15) is 28.8 Å². The SMILES string of the molecule is CCNC(=O)NC(=O)COC(=O)c1nc(-n2nc(C)cc2C)ccc1Cl. The van der Waals surface area contributed by atoms with E-state index in [1.54, 1.807) is 17.7 Å². The zero-order valence-corrected chi connectivity index (χ0v) is 15.3. The van der Waals surface area contributed by atoms with Crippen LogP contribution in [0.15, 0.2) is 18.2 Å². The zero-order chi connectivity index (χ0) is 19.3. The number of aromatic nitrogens is 3. The van der Waals surface area contributed by atoms with E-state index in [1.165, 1.54) is 6.07 Å². The number of nitrogens with one attached hydrogen (secondary N) is 2. The first-order chi connectivity index (χ1) is 12.3. The number of ether oxygens (including phenoxy) is 1. The molecular weight excluding hydrogens is 362 g/mol. The Morgan fingerprint density at radius 3 is 2.62 bits per heavy atom. The molecule has 0 atom stereocenters. The van der Waals surface area contributed by atoms with Gasteiger partial charge in [0.25, 0.3) is 5.91 Å². The van der Waals surface area contributed by atoms with E-state index >= 15 is 0 Å². The van der Waals surface area contributed by atoms with Crippen molar-refractivity contribution in [2.75, 3.05) is 13.2 Å². The van der Waals surface area contributed by atoms with Crippen LogP contribution in [0.25, 0.3) is 5.82 Å². The van der Waals surface area contributed by atoms with Crippen LogP contribution in [0.2, 0.25) is 5.02 Å². The van der Waals surface area contributed by atoms with Gasteiger partial charge < -0.3 is 10.1 Å². The third kappa shape index (κ3) is 4.79. The van der Waals surface area contributed by atoms with Gasteiger partial charge in [-0.25, -0.2) is 19.3 Å². The molecule has 0 fully saturated rings. The lowest BCUT2D eigenvalue weighted by Gasteiger charge is -2.09. The van der Waals surface area contributed by atoms with Gasteiger partial charge in [0.1, 0.15) is 0 Å². The molecule has 2 heterocycles. The Morgan fingerprint density at radius 1 is 1.27 bits per heavy atom. The van der Waals surface area contributed by atoms with E-state index in [2.05, 4.69) is 15.4 Å². The van der Waals surface area contributed by atoms with Gasteiger partial charge in [-0.1, -0.05) is 11.6 Å². The van der Waals surface area contributed by atoms with Crippen LogP contribution in [-0.2, 0) is 9.53 Å². The fraction of sp³-hybridized carbons (Fsp3) is 0.312. The van der Waals surface area contributed by atoms with Crippen molar-refractivity contribution in [2.24, 2.45) is 0 Å². The van der Waals surface area contributed by atoms with E-state index in [1.807, 2.05) is 25.2 Å². The highest BCUT2D eigenvalue weighted by molar-refractivity contribution is 6.33. The van der Waals surface area contributed by atoms with Gasteiger partial charge in [0.2, 0.25) is 0 Å². The van der Waals surface area contributed by atoms with E-state index in [4.69, 9.17) is 16.3 Å². The number of esters is 1. The number of halogens is 1. The zero-order valence-electron chi connectivity index (χ0n) is 14.5. The molecule has 0 saturated heterocycles. The van der Waals surface area contributed by atoms with Crippen LogP contribution in [0.4, 0.5) is 4.79 Å². The maximum atomic E-state index is 12.2. The normalized spacial score (nSPS) is 10.3. The molecule has 0 unspecified atom stereocenters. The number of carbonyl (C=O) groups is 3. The maximum Gasteiger partial charge on any atom is 0.359 e. The molecule has 10 heteroatoms. The van der Waals surface area contributed by atoms with Crippen molar-refractivity contribution in [3.05, 3.63) is 40.3 Å². The Kier molecular flexibility index (Phi) is 6.29. The van der Waals surface area contributed by atoms with E-state index in [9.17, 15) is 14.4 Å². The number of aryl methyl sites for hydroxylation is 2. The van der Waals surface area contributed by atoms with E-state index in [0.717, 1.165) is 11.4 Å². The number of amides is 3.